The first kappa shape index (κ1) is 15.6. The summed E-state index contributed by atoms with van der Waals surface area (Å²) in [6.07, 6.45) is -0.524. The standard InChI is InChI=1S/C19H24O2/c1-14(20)17-7-5-6-8-18(17)21-13-15-9-11-16(12-10-15)19(2,3)4/h5-12,14,20H,13H2,1-4H3/t14-/m1/s1. The molecule has 0 aliphatic rings. The van der Waals surface area contributed by atoms with E-state index in [4.69, 9.17) is 4.74 Å². The van der Waals surface area contributed by atoms with Crippen molar-refractivity contribution in [3.8, 4) is 5.75 Å². The molecule has 1 N–H and O–H groups in total. The summed E-state index contributed by atoms with van der Waals surface area (Å²) in [7, 11) is 0. The maximum absolute atomic E-state index is 9.75. The summed E-state index contributed by atoms with van der Waals surface area (Å²) in [5.74, 6) is 0.743. The molecule has 21 heavy (non-hydrogen) atoms. The molecule has 2 heteroatoms. The van der Waals surface area contributed by atoms with Crippen LogP contribution in [0.2, 0.25) is 0 Å². The predicted octanol–water partition coefficient (Wildman–Crippen LogP) is 4.62. The Bertz CT molecular complexity index is 577. The molecule has 112 valence electrons. The topological polar surface area (TPSA) is 29.5 Å². The first-order valence-corrected chi connectivity index (χ1v) is 7.37. The first-order valence-electron chi connectivity index (χ1n) is 7.37. The minimum absolute atomic E-state index is 0.165. The maximum atomic E-state index is 9.75. The Labute approximate surface area is 127 Å². The van der Waals surface area contributed by atoms with Crippen LogP contribution in [-0.4, -0.2) is 5.11 Å². The molecular formula is C19H24O2. The molecule has 2 aromatic carbocycles. The SMILES string of the molecule is C[C@@H](O)c1ccccc1OCc1ccc(C(C)(C)C)cc1. The molecule has 0 bridgehead atoms. The first-order chi connectivity index (χ1) is 9.88. The molecule has 2 nitrogen and oxygen atoms in total. The smallest absolute Gasteiger partial charge is 0.125 e. The monoisotopic (exact) mass is 284 g/mol. The zero-order valence-electron chi connectivity index (χ0n) is 13.3. The number of ether oxygens (including phenoxy) is 1. The van der Waals surface area contributed by atoms with Crippen molar-refractivity contribution in [3.63, 3.8) is 0 Å². The Morgan fingerprint density at radius 1 is 1.00 bits per heavy atom. The van der Waals surface area contributed by atoms with Crippen LogP contribution in [0.25, 0.3) is 0 Å². The van der Waals surface area contributed by atoms with Crippen LogP contribution >= 0.6 is 0 Å². The van der Waals surface area contributed by atoms with E-state index in [1.807, 2.05) is 24.3 Å². The van der Waals surface area contributed by atoms with Crippen molar-refractivity contribution < 1.29 is 9.84 Å². The molecule has 0 heterocycles. The second-order valence-corrected chi connectivity index (χ2v) is 6.45. The van der Waals surface area contributed by atoms with Gasteiger partial charge in [-0.3, -0.25) is 0 Å². The van der Waals surface area contributed by atoms with Crippen LogP contribution in [0, 0.1) is 0 Å². The fourth-order valence-corrected chi connectivity index (χ4v) is 2.22. The second kappa shape index (κ2) is 6.31. The van der Waals surface area contributed by atoms with E-state index in [0.29, 0.717) is 6.61 Å². The van der Waals surface area contributed by atoms with Gasteiger partial charge in [0.25, 0.3) is 0 Å². The highest BCUT2D eigenvalue weighted by Crippen LogP contribution is 2.26. The van der Waals surface area contributed by atoms with E-state index in [-0.39, 0.29) is 5.41 Å². The number of para-hydroxylation sites is 1. The number of hydrogen-bond acceptors (Lipinski definition) is 2. The molecule has 0 aliphatic carbocycles. The molecular weight excluding hydrogens is 260 g/mol. The van der Waals surface area contributed by atoms with E-state index < -0.39 is 6.10 Å². The molecule has 2 aromatic rings. The molecule has 0 fully saturated rings. The minimum Gasteiger partial charge on any atom is -0.489 e. The van der Waals surface area contributed by atoms with Gasteiger partial charge >= 0.3 is 0 Å². The quantitative estimate of drug-likeness (QED) is 0.888. The van der Waals surface area contributed by atoms with Gasteiger partial charge in [-0.25, -0.2) is 0 Å². The molecule has 0 saturated carbocycles. The van der Waals surface area contributed by atoms with E-state index in [2.05, 4.69) is 45.0 Å². The number of aliphatic hydroxyl groups is 1. The zero-order valence-corrected chi connectivity index (χ0v) is 13.3. The van der Waals surface area contributed by atoms with Gasteiger partial charge in [0, 0.05) is 5.56 Å². The van der Waals surface area contributed by atoms with Gasteiger partial charge in [0.15, 0.2) is 0 Å². The van der Waals surface area contributed by atoms with Crippen LogP contribution in [0.4, 0.5) is 0 Å². The van der Waals surface area contributed by atoms with Crippen molar-refractivity contribution in [2.24, 2.45) is 0 Å². The Morgan fingerprint density at radius 3 is 2.19 bits per heavy atom. The van der Waals surface area contributed by atoms with Gasteiger partial charge in [0.1, 0.15) is 12.4 Å². The summed E-state index contributed by atoms with van der Waals surface area (Å²) in [6.45, 7) is 8.88. The summed E-state index contributed by atoms with van der Waals surface area (Å²) >= 11 is 0. The van der Waals surface area contributed by atoms with Gasteiger partial charge in [0.2, 0.25) is 0 Å². The Balaban J connectivity index is 2.07. The third-order valence-corrected chi connectivity index (χ3v) is 3.58. The largest absolute Gasteiger partial charge is 0.489 e. The fourth-order valence-electron chi connectivity index (χ4n) is 2.22. The molecule has 0 aliphatic heterocycles. The van der Waals surface area contributed by atoms with Crippen molar-refractivity contribution in [2.45, 2.75) is 45.8 Å². The van der Waals surface area contributed by atoms with E-state index in [9.17, 15) is 5.11 Å². The molecule has 2 rings (SSSR count). The molecule has 0 saturated heterocycles. The highest BCUT2D eigenvalue weighted by molar-refractivity contribution is 5.35. The molecule has 0 spiro atoms. The molecule has 0 amide bonds. The van der Waals surface area contributed by atoms with Crippen molar-refractivity contribution in [3.05, 3.63) is 65.2 Å². The van der Waals surface area contributed by atoms with E-state index in [1.165, 1.54) is 5.56 Å². The average Bonchev–Trinajstić information content (AvgIpc) is 2.45. The van der Waals surface area contributed by atoms with E-state index in [1.54, 1.807) is 6.92 Å². The molecule has 0 radical (unpaired) electrons. The summed E-state index contributed by atoms with van der Waals surface area (Å²) < 4.78 is 5.85. The fraction of sp³-hybridized carbons (Fsp3) is 0.368. The van der Waals surface area contributed by atoms with Gasteiger partial charge in [-0.2, -0.15) is 0 Å². The lowest BCUT2D eigenvalue weighted by Gasteiger charge is -2.19. The number of benzene rings is 2. The lowest BCUT2D eigenvalue weighted by atomic mass is 9.87. The number of rotatable bonds is 4. The van der Waals surface area contributed by atoms with Crippen LogP contribution in [0.15, 0.2) is 48.5 Å². The van der Waals surface area contributed by atoms with Crippen LogP contribution in [-0.2, 0) is 12.0 Å². The lowest BCUT2D eigenvalue weighted by Crippen LogP contribution is -2.10. The summed E-state index contributed by atoms with van der Waals surface area (Å²) in [6, 6.07) is 16.1. The molecule has 0 aromatic heterocycles. The zero-order chi connectivity index (χ0) is 15.5. The van der Waals surface area contributed by atoms with Gasteiger partial charge < -0.3 is 9.84 Å². The maximum Gasteiger partial charge on any atom is 0.125 e. The van der Waals surface area contributed by atoms with Gasteiger partial charge in [0.05, 0.1) is 6.10 Å². The molecule has 1 atom stereocenters. The molecule has 0 unspecified atom stereocenters. The van der Waals surface area contributed by atoms with Crippen LogP contribution in [0.5, 0.6) is 5.75 Å². The van der Waals surface area contributed by atoms with Gasteiger partial charge in [-0.1, -0.05) is 63.2 Å². The predicted molar refractivity (Wildman–Crippen MR) is 86.5 cm³/mol. The van der Waals surface area contributed by atoms with Crippen molar-refractivity contribution in [1.29, 1.82) is 0 Å². The second-order valence-electron chi connectivity index (χ2n) is 6.45. The van der Waals surface area contributed by atoms with Gasteiger partial charge in [-0.15, -0.1) is 0 Å². The van der Waals surface area contributed by atoms with Crippen molar-refractivity contribution in [1.82, 2.24) is 0 Å². The van der Waals surface area contributed by atoms with Crippen molar-refractivity contribution >= 4 is 0 Å². The van der Waals surface area contributed by atoms with Gasteiger partial charge in [-0.05, 0) is 29.5 Å². The summed E-state index contributed by atoms with van der Waals surface area (Å²) in [5.41, 5.74) is 3.43. The number of aliphatic hydroxyl groups excluding tert-OH is 1. The van der Waals surface area contributed by atoms with Crippen molar-refractivity contribution in [2.75, 3.05) is 0 Å². The Kier molecular flexibility index (Phi) is 4.69. The summed E-state index contributed by atoms with van der Waals surface area (Å²) in [4.78, 5) is 0. The van der Waals surface area contributed by atoms with Crippen LogP contribution in [0.1, 0.15) is 50.5 Å². The summed E-state index contributed by atoms with van der Waals surface area (Å²) in [5, 5.41) is 9.75. The Hall–Kier alpha value is -1.80. The number of hydrogen-bond donors (Lipinski definition) is 1. The third kappa shape index (κ3) is 4.08. The average molecular weight is 284 g/mol. The lowest BCUT2D eigenvalue weighted by molar-refractivity contribution is 0.190. The third-order valence-electron chi connectivity index (χ3n) is 3.58. The van der Waals surface area contributed by atoms with E-state index >= 15 is 0 Å². The van der Waals surface area contributed by atoms with Crippen LogP contribution in [0.3, 0.4) is 0 Å². The van der Waals surface area contributed by atoms with E-state index in [0.717, 1.165) is 16.9 Å². The minimum atomic E-state index is -0.524. The normalized spacial score (nSPS) is 13.0. The Morgan fingerprint density at radius 2 is 1.62 bits per heavy atom. The highest BCUT2D eigenvalue weighted by Gasteiger charge is 2.13. The van der Waals surface area contributed by atoms with Crippen LogP contribution < -0.4 is 4.74 Å². The highest BCUT2D eigenvalue weighted by atomic mass is 16.5.